The number of hydrogen-bond acceptors (Lipinski definition) is 3. The number of carbonyl (C=O) groups excluding carboxylic acids is 1. The van der Waals surface area contributed by atoms with E-state index in [1.54, 1.807) is 11.9 Å². The maximum atomic E-state index is 11.9. The highest BCUT2D eigenvalue weighted by molar-refractivity contribution is 5.94. The number of aromatic carboxylic acids is 1. The molecule has 2 rings (SSSR count). The van der Waals surface area contributed by atoms with Gasteiger partial charge in [0.2, 0.25) is 0 Å². The molecule has 0 saturated heterocycles. The Hall–Kier alpha value is -2.24. The summed E-state index contributed by atoms with van der Waals surface area (Å²) in [5, 5.41) is 20.9. The predicted octanol–water partition coefficient (Wildman–Crippen LogP) is 2.11. The monoisotopic (exact) mass is 264 g/mol. The summed E-state index contributed by atoms with van der Waals surface area (Å²) in [5.74, 6) is -1.57. The number of rotatable bonds is 3. The van der Waals surface area contributed by atoms with Crippen molar-refractivity contribution in [3.8, 4) is 5.75 Å². The van der Waals surface area contributed by atoms with E-state index in [-0.39, 0.29) is 23.4 Å². The zero-order valence-electron chi connectivity index (χ0n) is 10.6. The van der Waals surface area contributed by atoms with Gasteiger partial charge in [-0.1, -0.05) is 0 Å². The molecular formula is C13H16N2O4. The van der Waals surface area contributed by atoms with Crippen LogP contribution in [0.25, 0.3) is 0 Å². The largest absolute Gasteiger partial charge is 0.507 e. The second-order valence-electron chi connectivity index (χ2n) is 4.66. The molecule has 0 bridgehead atoms. The standard InChI is InChI=1S/C13H16N2O4/c1-15(9-3-2-4-9)13(19)14-8-5-6-10(12(17)18)11(16)7-8/h5-7,9,16H,2-4H2,1H3,(H,14,19)(H,17,18). The maximum absolute atomic E-state index is 11.9. The van der Waals surface area contributed by atoms with Gasteiger partial charge in [-0.05, 0) is 31.4 Å². The molecule has 102 valence electrons. The number of carboxylic acids is 1. The van der Waals surface area contributed by atoms with E-state index in [1.807, 2.05) is 0 Å². The van der Waals surface area contributed by atoms with Crippen LogP contribution >= 0.6 is 0 Å². The van der Waals surface area contributed by atoms with Crippen LogP contribution in [0, 0.1) is 0 Å². The zero-order chi connectivity index (χ0) is 14.0. The van der Waals surface area contributed by atoms with E-state index in [4.69, 9.17) is 5.11 Å². The van der Waals surface area contributed by atoms with Gasteiger partial charge < -0.3 is 20.4 Å². The summed E-state index contributed by atoms with van der Waals surface area (Å²) in [6.07, 6.45) is 3.15. The fourth-order valence-electron chi connectivity index (χ4n) is 1.94. The molecule has 6 heteroatoms. The van der Waals surface area contributed by atoms with Crippen molar-refractivity contribution >= 4 is 17.7 Å². The average molecular weight is 264 g/mol. The van der Waals surface area contributed by atoms with E-state index in [2.05, 4.69) is 5.32 Å². The summed E-state index contributed by atoms with van der Waals surface area (Å²) in [4.78, 5) is 24.3. The highest BCUT2D eigenvalue weighted by Gasteiger charge is 2.25. The highest BCUT2D eigenvalue weighted by Crippen LogP contribution is 2.25. The van der Waals surface area contributed by atoms with Crippen molar-refractivity contribution in [3.63, 3.8) is 0 Å². The summed E-state index contributed by atoms with van der Waals surface area (Å²) in [7, 11) is 1.73. The first-order valence-electron chi connectivity index (χ1n) is 6.09. The zero-order valence-corrected chi connectivity index (χ0v) is 10.6. The Kier molecular flexibility index (Phi) is 3.59. The lowest BCUT2D eigenvalue weighted by Crippen LogP contribution is -2.43. The number of hydrogen-bond donors (Lipinski definition) is 3. The Morgan fingerprint density at radius 1 is 1.37 bits per heavy atom. The third kappa shape index (κ3) is 2.78. The van der Waals surface area contributed by atoms with E-state index in [0.29, 0.717) is 5.69 Å². The molecule has 0 atom stereocenters. The molecule has 1 aliphatic rings. The van der Waals surface area contributed by atoms with Gasteiger partial charge in [-0.15, -0.1) is 0 Å². The summed E-state index contributed by atoms with van der Waals surface area (Å²) in [6, 6.07) is 3.96. The average Bonchev–Trinajstić information content (AvgIpc) is 2.25. The number of carboxylic acid groups (broad SMARTS) is 1. The van der Waals surface area contributed by atoms with E-state index in [0.717, 1.165) is 19.3 Å². The first-order valence-corrected chi connectivity index (χ1v) is 6.09. The summed E-state index contributed by atoms with van der Waals surface area (Å²) in [5.41, 5.74) is 0.184. The number of urea groups is 1. The van der Waals surface area contributed by atoms with Gasteiger partial charge in [0.15, 0.2) is 0 Å². The fraction of sp³-hybridized carbons (Fsp3) is 0.385. The highest BCUT2D eigenvalue weighted by atomic mass is 16.4. The van der Waals surface area contributed by atoms with E-state index >= 15 is 0 Å². The lowest BCUT2D eigenvalue weighted by atomic mass is 9.92. The van der Waals surface area contributed by atoms with Gasteiger partial charge in [-0.25, -0.2) is 9.59 Å². The van der Waals surface area contributed by atoms with Crippen molar-refractivity contribution in [2.24, 2.45) is 0 Å². The van der Waals surface area contributed by atoms with Gasteiger partial charge in [-0.2, -0.15) is 0 Å². The van der Waals surface area contributed by atoms with Crippen LogP contribution in [0.5, 0.6) is 5.75 Å². The van der Waals surface area contributed by atoms with Gasteiger partial charge in [0.1, 0.15) is 11.3 Å². The van der Waals surface area contributed by atoms with E-state index in [1.165, 1.54) is 18.2 Å². The van der Waals surface area contributed by atoms with Crippen molar-refractivity contribution in [2.75, 3.05) is 12.4 Å². The van der Waals surface area contributed by atoms with Crippen molar-refractivity contribution in [1.82, 2.24) is 4.90 Å². The van der Waals surface area contributed by atoms with Crippen molar-refractivity contribution < 1.29 is 19.8 Å². The summed E-state index contributed by atoms with van der Waals surface area (Å²) >= 11 is 0. The second kappa shape index (κ2) is 5.17. The lowest BCUT2D eigenvalue weighted by molar-refractivity contribution is 0.0694. The van der Waals surface area contributed by atoms with Crippen LogP contribution in [0.4, 0.5) is 10.5 Å². The number of nitrogens with one attached hydrogen (secondary N) is 1. The molecular weight excluding hydrogens is 248 g/mol. The van der Waals surface area contributed by atoms with Crippen molar-refractivity contribution in [1.29, 1.82) is 0 Å². The fourth-order valence-corrected chi connectivity index (χ4v) is 1.94. The Balaban J connectivity index is 2.04. The minimum Gasteiger partial charge on any atom is -0.507 e. The predicted molar refractivity (Wildman–Crippen MR) is 69.5 cm³/mol. The number of amides is 2. The molecule has 1 aliphatic carbocycles. The van der Waals surface area contributed by atoms with Crippen LogP contribution in [-0.2, 0) is 0 Å². The quantitative estimate of drug-likeness (QED) is 0.779. The van der Waals surface area contributed by atoms with Crippen LogP contribution in [0.3, 0.4) is 0 Å². The molecule has 1 aromatic rings. The molecule has 0 spiro atoms. The molecule has 3 N–H and O–H groups in total. The van der Waals surface area contributed by atoms with Gasteiger partial charge in [-0.3, -0.25) is 0 Å². The van der Waals surface area contributed by atoms with Gasteiger partial charge in [0.05, 0.1) is 0 Å². The number of nitrogens with zero attached hydrogens (tertiary/aromatic N) is 1. The SMILES string of the molecule is CN(C(=O)Nc1ccc(C(=O)O)c(O)c1)C1CCC1. The normalized spacial score (nSPS) is 14.6. The molecule has 0 aliphatic heterocycles. The Morgan fingerprint density at radius 3 is 2.53 bits per heavy atom. The Labute approximate surface area is 110 Å². The van der Waals surface area contributed by atoms with Crippen molar-refractivity contribution in [3.05, 3.63) is 23.8 Å². The molecule has 1 saturated carbocycles. The van der Waals surface area contributed by atoms with Gasteiger partial charge >= 0.3 is 12.0 Å². The number of phenols is 1. The minimum absolute atomic E-state index is 0.189. The molecule has 1 aromatic carbocycles. The van der Waals surface area contributed by atoms with Gasteiger partial charge in [0, 0.05) is 24.8 Å². The van der Waals surface area contributed by atoms with E-state index in [9.17, 15) is 14.7 Å². The van der Waals surface area contributed by atoms with Crippen LogP contribution < -0.4 is 5.32 Å². The summed E-state index contributed by atoms with van der Waals surface area (Å²) < 4.78 is 0. The molecule has 6 nitrogen and oxygen atoms in total. The van der Waals surface area contributed by atoms with E-state index < -0.39 is 5.97 Å². The molecule has 0 radical (unpaired) electrons. The third-order valence-electron chi connectivity index (χ3n) is 3.42. The topological polar surface area (TPSA) is 89.9 Å². The number of anilines is 1. The first kappa shape index (κ1) is 13.2. The van der Waals surface area contributed by atoms with Crippen LogP contribution in [0.15, 0.2) is 18.2 Å². The summed E-state index contributed by atoms with van der Waals surface area (Å²) in [6.45, 7) is 0. The van der Waals surface area contributed by atoms with Crippen molar-refractivity contribution in [2.45, 2.75) is 25.3 Å². The Morgan fingerprint density at radius 2 is 2.05 bits per heavy atom. The minimum atomic E-state index is -1.21. The molecule has 1 fully saturated rings. The third-order valence-corrected chi connectivity index (χ3v) is 3.42. The second-order valence-corrected chi connectivity index (χ2v) is 4.66. The molecule has 0 heterocycles. The van der Waals surface area contributed by atoms with Crippen LogP contribution in [0.1, 0.15) is 29.6 Å². The Bertz CT molecular complexity index is 511. The molecule has 0 unspecified atom stereocenters. The maximum Gasteiger partial charge on any atom is 0.339 e. The number of benzene rings is 1. The number of aromatic hydroxyl groups is 1. The van der Waals surface area contributed by atoms with Crippen LogP contribution in [-0.4, -0.2) is 40.2 Å². The molecule has 2 amide bonds. The number of carbonyl (C=O) groups is 2. The molecule has 19 heavy (non-hydrogen) atoms. The lowest BCUT2D eigenvalue weighted by Gasteiger charge is -2.34. The molecule has 0 aromatic heterocycles. The smallest absolute Gasteiger partial charge is 0.339 e. The van der Waals surface area contributed by atoms with Gasteiger partial charge in [0.25, 0.3) is 0 Å². The van der Waals surface area contributed by atoms with Crippen LogP contribution in [0.2, 0.25) is 0 Å². The first-order chi connectivity index (χ1) is 8.99.